The predicted octanol–water partition coefficient (Wildman–Crippen LogP) is 7.97. The van der Waals surface area contributed by atoms with Gasteiger partial charge in [0.1, 0.15) is 11.5 Å². The zero-order valence-corrected chi connectivity index (χ0v) is 27.7. The molecule has 7 nitrogen and oxygen atoms in total. The molecule has 0 saturated carbocycles. The Hall–Kier alpha value is -3.78. The van der Waals surface area contributed by atoms with Gasteiger partial charge in [0.05, 0.1) is 6.61 Å². The van der Waals surface area contributed by atoms with Gasteiger partial charge < -0.3 is 19.1 Å². The number of carbonyl (C=O) groups excluding carboxylic acids is 3. The lowest BCUT2D eigenvalue weighted by Gasteiger charge is -2.27. The Morgan fingerprint density at radius 1 is 0.955 bits per heavy atom. The number of Topliss-reactive ketones (excluding diaryl/α,β-unsaturated/α-hetero) is 1. The van der Waals surface area contributed by atoms with E-state index in [-0.39, 0.29) is 24.9 Å². The number of thioether (sulfide) groups is 1. The van der Waals surface area contributed by atoms with Crippen molar-refractivity contribution in [3.63, 3.8) is 0 Å². The Bertz CT molecular complexity index is 1470. The van der Waals surface area contributed by atoms with Crippen LogP contribution in [0.15, 0.2) is 65.6 Å². The van der Waals surface area contributed by atoms with E-state index in [1.165, 1.54) is 0 Å². The van der Waals surface area contributed by atoms with Crippen LogP contribution in [0.2, 0.25) is 0 Å². The Morgan fingerprint density at radius 2 is 1.57 bits per heavy atom. The number of likely N-dealkylation sites (tertiary alicyclic amines) is 1. The highest BCUT2D eigenvalue weighted by atomic mass is 32.2. The van der Waals surface area contributed by atoms with Crippen molar-refractivity contribution in [3.05, 3.63) is 88.5 Å². The van der Waals surface area contributed by atoms with Crippen LogP contribution in [0, 0.1) is 19.8 Å². The van der Waals surface area contributed by atoms with E-state index in [0.717, 1.165) is 27.1 Å². The average molecular weight is 618 g/mol. The zero-order chi connectivity index (χ0) is 32.2. The molecule has 0 spiro atoms. The Kier molecular flexibility index (Phi) is 10.5. The lowest BCUT2D eigenvalue weighted by atomic mass is 9.82. The molecule has 0 N–H and O–H groups in total. The van der Waals surface area contributed by atoms with Crippen molar-refractivity contribution in [2.75, 3.05) is 26.0 Å². The molecule has 2 atom stereocenters. The van der Waals surface area contributed by atoms with E-state index >= 15 is 0 Å². The van der Waals surface area contributed by atoms with Gasteiger partial charge in [0.2, 0.25) is 0 Å². The van der Waals surface area contributed by atoms with Crippen LogP contribution in [-0.4, -0.2) is 54.3 Å². The fourth-order valence-electron chi connectivity index (χ4n) is 5.57. The molecule has 3 aromatic rings. The van der Waals surface area contributed by atoms with Crippen LogP contribution in [-0.2, 0) is 9.53 Å². The Labute approximate surface area is 265 Å². The summed E-state index contributed by atoms with van der Waals surface area (Å²) >= 11 is 1.62. The first-order valence-electron chi connectivity index (χ1n) is 15.1. The summed E-state index contributed by atoms with van der Waals surface area (Å²) in [4.78, 5) is 42.5. The smallest absolute Gasteiger partial charge is 0.415 e. The van der Waals surface area contributed by atoms with Crippen molar-refractivity contribution in [2.45, 2.75) is 70.8 Å². The number of hydrogen-bond donors (Lipinski definition) is 0. The van der Waals surface area contributed by atoms with Gasteiger partial charge in [0.25, 0.3) is 0 Å². The van der Waals surface area contributed by atoms with Gasteiger partial charge in [-0.25, -0.2) is 9.59 Å². The molecule has 1 fully saturated rings. The maximum atomic E-state index is 14.0. The third-order valence-corrected chi connectivity index (χ3v) is 8.82. The first-order valence-corrected chi connectivity index (χ1v) is 16.3. The molecule has 0 bridgehead atoms. The van der Waals surface area contributed by atoms with Gasteiger partial charge in [-0.3, -0.25) is 4.79 Å². The number of ether oxygens (including phenoxy) is 3. The summed E-state index contributed by atoms with van der Waals surface area (Å²) in [5.41, 5.74) is 3.20. The third-order valence-electron chi connectivity index (χ3n) is 8.08. The monoisotopic (exact) mass is 617 g/mol. The molecule has 8 heteroatoms. The number of rotatable bonds is 10. The maximum Gasteiger partial charge on any atom is 0.415 e. The molecule has 1 amide bonds. The van der Waals surface area contributed by atoms with E-state index in [0.29, 0.717) is 29.5 Å². The third kappa shape index (κ3) is 7.46. The summed E-state index contributed by atoms with van der Waals surface area (Å²) in [7, 11) is 0. The summed E-state index contributed by atoms with van der Waals surface area (Å²) in [5, 5.41) is 0. The van der Waals surface area contributed by atoms with Gasteiger partial charge in [-0.05, 0) is 93.3 Å². The maximum absolute atomic E-state index is 14.0. The fourth-order valence-corrected chi connectivity index (χ4v) is 5.98. The number of aryl methyl sites for hydroxylation is 2. The highest BCUT2D eigenvalue weighted by Gasteiger charge is 2.42. The van der Waals surface area contributed by atoms with Crippen molar-refractivity contribution in [3.8, 4) is 11.5 Å². The number of amides is 1. The topological polar surface area (TPSA) is 82.1 Å². The van der Waals surface area contributed by atoms with Gasteiger partial charge >= 0.3 is 12.1 Å². The summed E-state index contributed by atoms with van der Waals surface area (Å²) in [6.07, 6.45) is 1.51. The molecule has 0 radical (unpaired) electrons. The van der Waals surface area contributed by atoms with E-state index in [9.17, 15) is 14.4 Å². The molecule has 1 heterocycles. The number of nitrogens with zero attached hydrogens (tertiary/aromatic N) is 1. The van der Waals surface area contributed by atoms with E-state index in [1.54, 1.807) is 49.6 Å². The van der Waals surface area contributed by atoms with Crippen LogP contribution in [0.25, 0.3) is 0 Å². The SMILES string of the molecule is CCOC(=O)C(C)(C)Oc1c(C)cc([C@@H]2CN(C(=O)Oc3ccc(C(C)C)cc3)C[C@H]2C(=O)c2ccc(SC)cc2)cc1C. The second kappa shape index (κ2) is 13.9. The molecule has 0 aromatic heterocycles. The van der Waals surface area contributed by atoms with Crippen molar-refractivity contribution in [1.82, 2.24) is 4.90 Å². The van der Waals surface area contributed by atoms with Crippen LogP contribution in [0.4, 0.5) is 4.79 Å². The molecule has 0 aliphatic carbocycles. The standard InChI is InChI=1S/C36H43NO6S/c1-9-41-34(39)36(6,7)43-33-23(4)18-27(19-24(33)5)30-20-37(35(40)42-28-14-10-25(11-15-28)22(2)3)21-31(30)32(38)26-12-16-29(44-8)17-13-26/h10-19,22,30-31H,9,20-21H2,1-8H3/t30-,31+/m0/s1. The zero-order valence-electron chi connectivity index (χ0n) is 26.9. The van der Waals surface area contributed by atoms with Gasteiger partial charge in [-0.1, -0.05) is 50.2 Å². The average Bonchev–Trinajstić information content (AvgIpc) is 3.45. The first kappa shape index (κ1) is 33.1. The lowest BCUT2D eigenvalue weighted by molar-refractivity contribution is -0.158. The number of carbonyl (C=O) groups is 3. The molecular weight excluding hydrogens is 574 g/mol. The largest absolute Gasteiger partial charge is 0.476 e. The molecule has 3 aromatic carbocycles. The predicted molar refractivity (Wildman–Crippen MR) is 174 cm³/mol. The Balaban J connectivity index is 1.63. The summed E-state index contributed by atoms with van der Waals surface area (Å²) in [6, 6.07) is 19.1. The number of hydrogen-bond acceptors (Lipinski definition) is 7. The number of benzene rings is 3. The minimum atomic E-state index is -1.17. The quantitative estimate of drug-likeness (QED) is 0.130. The van der Waals surface area contributed by atoms with E-state index in [1.807, 2.05) is 68.6 Å². The molecule has 44 heavy (non-hydrogen) atoms. The first-order chi connectivity index (χ1) is 20.8. The van der Waals surface area contributed by atoms with Crippen molar-refractivity contribution < 1.29 is 28.6 Å². The van der Waals surface area contributed by atoms with E-state index in [4.69, 9.17) is 14.2 Å². The van der Waals surface area contributed by atoms with Crippen molar-refractivity contribution in [1.29, 1.82) is 0 Å². The van der Waals surface area contributed by atoms with Gasteiger partial charge in [0, 0.05) is 35.4 Å². The second-order valence-corrected chi connectivity index (χ2v) is 13.0. The van der Waals surface area contributed by atoms with Crippen LogP contribution in [0.3, 0.4) is 0 Å². The molecule has 234 valence electrons. The summed E-state index contributed by atoms with van der Waals surface area (Å²) < 4.78 is 17.1. The number of ketones is 1. The molecule has 1 aliphatic rings. The minimum Gasteiger partial charge on any atom is -0.476 e. The van der Waals surface area contributed by atoms with E-state index in [2.05, 4.69) is 13.8 Å². The normalized spacial score (nSPS) is 16.6. The van der Waals surface area contributed by atoms with Crippen LogP contribution in [0.1, 0.15) is 79.1 Å². The summed E-state index contributed by atoms with van der Waals surface area (Å²) in [6.45, 7) is 14.0. The van der Waals surface area contributed by atoms with Crippen molar-refractivity contribution >= 4 is 29.6 Å². The molecule has 1 saturated heterocycles. The minimum absolute atomic E-state index is 0.0154. The fraction of sp³-hybridized carbons (Fsp3) is 0.417. The van der Waals surface area contributed by atoms with Crippen LogP contribution < -0.4 is 9.47 Å². The number of esters is 1. The molecular formula is C36H43NO6S. The van der Waals surface area contributed by atoms with Crippen molar-refractivity contribution in [2.24, 2.45) is 5.92 Å². The molecule has 0 unspecified atom stereocenters. The highest BCUT2D eigenvalue weighted by Crippen LogP contribution is 2.39. The highest BCUT2D eigenvalue weighted by molar-refractivity contribution is 7.98. The van der Waals surface area contributed by atoms with Crippen LogP contribution >= 0.6 is 11.8 Å². The molecule has 4 rings (SSSR count). The second-order valence-electron chi connectivity index (χ2n) is 12.1. The van der Waals surface area contributed by atoms with Crippen LogP contribution in [0.5, 0.6) is 11.5 Å². The Morgan fingerprint density at radius 3 is 2.11 bits per heavy atom. The van der Waals surface area contributed by atoms with Gasteiger partial charge in [-0.2, -0.15) is 0 Å². The van der Waals surface area contributed by atoms with E-state index < -0.39 is 23.6 Å². The summed E-state index contributed by atoms with van der Waals surface area (Å²) in [5.74, 6) is 0.256. The lowest BCUT2D eigenvalue weighted by Crippen LogP contribution is -2.40. The molecule has 1 aliphatic heterocycles. The van der Waals surface area contributed by atoms with Gasteiger partial charge in [-0.15, -0.1) is 11.8 Å². The van der Waals surface area contributed by atoms with Gasteiger partial charge in [0.15, 0.2) is 11.4 Å².